The summed E-state index contributed by atoms with van der Waals surface area (Å²) in [7, 11) is 0. The topological polar surface area (TPSA) is 111 Å². The molecule has 1 unspecified atom stereocenters. The Morgan fingerprint density at radius 3 is 2.57 bits per heavy atom. The van der Waals surface area contributed by atoms with Gasteiger partial charge in [-0.2, -0.15) is 0 Å². The van der Waals surface area contributed by atoms with Crippen LogP contribution in [0.25, 0.3) is 10.2 Å². The zero-order valence-electron chi connectivity index (χ0n) is 21.1. The van der Waals surface area contributed by atoms with E-state index in [9.17, 15) is 14.7 Å². The van der Waals surface area contributed by atoms with Crippen LogP contribution in [0.4, 0.5) is 0 Å². The molecule has 1 amide bonds. The molecular weight excluding hydrogens is 460 g/mol. The summed E-state index contributed by atoms with van der Waals surface area (Å²) in [5, 5.41) is 13.3. The second-order valence-corrected chi connectivity index (χ2v) is 11.1. The van der Waals surface area contributed by atoms with Gasteiger partial charge in [0.15, 0.2) is 0 Å². The number of thiazole rings is 1. The molecule has 3 aromatic rings. The molecule has 35 heavy (non-hydrogen) atoms. The molecular formula is C27H38N4O3S. The van der Waals surface area contributed by atoms with E-state index < -0.39 is 0 Å². The van der Waals surface area contributed by atoms with Gasteiger partial charge in [0.05, 0.1) is 4.70 Å². The number of fused-ring (bicyclic) bond motifs is 1. The summed E-state index contributed by atoms with van der Waals surface area (Å²) in [4.78, 5) is 29.2. The minimum Gasteiger partial charge on any atom is -0.506 e. The minimum atomic E-state index is -0.241. The highest BCUT2D eigenvalue weighted by molar-refractivity contribution is 7.16. The van der Waals surface area contributed by atoms with Crippen LogP contribution in [0, 0.1) is 5.41 Å². The predicted octanol–water partition coefficient (Wildman–Crippen LogP) is 3.65. The van der Waals surface area contributed by atoms with E-state index in [1.54, 1.807) is 6.07 Å². The molecule has 0 saturated heterocycles. The number of rotatable bonds is 12. The molecule has 190 valence electrons. The van der Waals surface area contributed by atoms with Gasteiger partial charge >= 0.3 is 4.87 Å². The number of carbonyl (C=O) groups is 1. The molecule has 7 nitrogen and oxygen atoms in total. The van der Waals surface area contributed by atoms with Crippen molar-refractivity contribution in [3.63, 3.8) is 0 Å². The van der Waals surface area contributed by atoms with E-state index in [1.165, 1.54) is 5.56 Å². The van der Waals surface area contributed by atoms with Crippen LogP contribution >= 0.6 is 11.3 Å². The highest BCUT2D eigenvalue weighted by Gasteiger charge is 2.30. The van der Waals surface area contributed by atoms with Gasteiger partial charge in [0.25, 0.3) is 0 Å². The molecule has 1 aromatic heterocycles. The van der Waals surface area contributed by atoms with Crippen molar-refractivity contribution in [2.75, 3.05) is 19.6 Å². The largest absolute Gasteiger partial charge is 0.506 e. The van der Waals surface area contributed by atoms with E-state index in [0.29, 0.717) is 31.6 Å². The maximum Gasteiger partial charge on any atom is 0.305 e. The first kappa shape index (κ1) is 26.9. The molecule has 0 aliphatic carbocycles. The van der Waals surface area contributed by atoms with Gasteiger partial charge in [-0.15, -0.1) is 0 Å². The average molecular weight is 499 g/mol. The lowest BCUT2D eigenvalue weighted by Crippen LogP contribution is -2.47. The van der Waals surface area contributed by atoms with Gasteiger partial charge in [0, 0.05) is 31.6 Å². The normalized spacial score (nSPS) is 12.9. The fourth-order valence-corrected chi connectivity index (χ4v) is 5.22. The Hall–Kier alpha value is -2.68. The molecule has 1 heterocycles. The molecule has 0 saturated carbocycles. The molecule has 0 radical (unpaired) electrons. The maximum atomic E-state index is 13.1. The number of benzene rings is 2. The SMILES string of the molecule is CC(C)N(CCNCCc1ccc(O)c2[nH]c(=O)sc12)C(=O)CC(N)C(C)(C)Cc1ccccc1. The standard InChI is InChI=1S/C27H38N4O3S/c1-18(2)31(23(33)16-22(28)27(3,4)17-19-8-6-5-7-9-19)15-14-29-13-12-20-10-11-21(32)24-25(20)35-26(34)30-24/h5-11,18,22,29,32H,12-17,28H2,1-4H3,(H,30,34). The number of nitrogens with one attached hydrogen (secondary N) is 2. The molecule has 2 aromatic carbocycles. The number of hydrogen-bond acceptors (Lipinski definition) is 6. The first-order valence-electron chi connectivity index (χ1n) is 12.2. The number of hydrogen-bond donors (Lipinski definition) is 4. The zero-order chi connectivity index (χ0) is 25.6. The molecule has 0 bridgehead atoms. The van der Waals surface area contributed by atoms with Gasteiger partial charge < -0.3 is 26.0 Å². The van der Waals surface area contributed by atoms with Gasteiger partial charge in [-0.25, -0.2) is 0 Å². The molecule has 8 heteroatoms. The van der Waals surface area contributed by atoms with Crippen molar-refractivity contribution in [3.8, 4) is 5.75 Å². The van der Waals surface area contributed by atoms with Crippen molar-refractivity contribution in [1.29, 1.82) is 0 Å². The zero-order valence-corrected chi connectivity index (χ0v) is 22.0. The quantitative estimate of drug-likeness (QED) is 0.285. The van der Waals surface area contributed by atoms with Crippen molar-refractivity contribution in [3.05, 3.63) is 63.3 Å². The first-order valence-corrected chi connectivity index (χ1v) is 13.0. The minimum absolute atomic E-state index is 0.0766. The van der Waals surface area contributed by atoms with Crippen molar-refractivity contribution >= 4 is 27.5 Å². The van der Waals surface area contributed by atoms with E-state index in [4.69, 9.17) is 5.73 Å². The molecule has 0 aliphatic heterocycles. The van der Waals surface area contributed by atoms with E-state index in [2.05, 4.69) is 36.3 Å². The van der Waals surface area contributed by atoms with Crippen LogP contribution in [-0.2, 0) is 17.6 Å². The van der Waals surface area contributed by atoms with Gasteiger partial charge in [0.2, 0.25) is 5.91 Å². The van der Waals surface area contributed by atoms with E-state index in [-0.39, 0.29) is 34.0 Å². The Balaban J connectivity index is 1.49. The number of aromatic hydroxyl groups is 1. The van der Waals surface area contributed by atoms with Crippen LogP contribution < -0.4 is 15.9 Å². The summed E-state index contributed by atoms with van der Waals surface area (Å²) in [6.07, 6.45) is 1.86. The number of aromatic amines is 1. The van der Waals surface area contributed by atoms with Crippen LogP contribution in [0.5, 0.6) is 5.75 Å². The summed E-state index contributed by atoms with van der Waals surface area (Å²) in [5.41, 5.74) is 9.07. The van der Waals surface area contributed by atoms with E-state index in [0.717, 1.165) is 34.4 Å². The lowest BCUT2D eigenvalue weighted by atomic mass is 9.77. The van der Waals surface area contributed by atoms with Crippen molar-refractivity contribution in [1.82, 2.24) is 15.2 Å². The number of carbonyl (C=O) groups excluding carboxylic acids is 1. The molecule has 0 fully saturated rings. The van der Waals surface area contributed by atoms with Crippen LogP contribution in [0.2, 0.25) is 0 Å². The predicted molar refractivity (Wildman–Crippen MR) is 144 cm³/mol. The lowest BCUT2D eigenvalue weighted by molar-refractivity contribution is -0.133. The third kappa shape index (κ3) is 7.16. The Labute approximate surface area is 211 Å². The Kier molecular flexibility index (Phi) is 9.10. The number of phenols is 1. The van der Waals surface area contributed by atoms with Gasteiger partial charge in [0.1, 0.15) is 11.3 Å². The average Bonchev–Trinajstić information content (AvgIpc) is 3.20. The summed E-state index contributed by atoms with van der Waals surface area (Å²) in [6.45, 7) is 10.3. The first-order chi connectivity index (χ1) is 16.6. The summed E-state index contributed by atoms with van der Waals surface area (Å²) >= 11 is 1.11. The molecule has 3 rings (SSSR count). The van der Waals surface area contributed by atoms with Crippen LogP contribution in [0.1, 0.15) is 45.2 Å². The molecule has 5 N–H and O–H groups in total. The van der Waals surface area contributed by atoms with Crippen LogP contribution in [-0.4, -0.2) is 52.6 Å². The molecule has 1 atom stereocenters. The van der Waals surface area contributed by atoms with Gasteiger partial charge in [-0.3, -0.25) is 9.59 Å². The summed E-state index contributed by atoms with van der Waals surface area (Å²) < 4.78 is 0.794. The Morgan fingerprint density at radius 1 is 1.17 bits per heavy atom. The number of amides is 1. The Morgan fingerprint density at radius 2 is 1.89 bits per heavy atom. The van der Waals surface area contributed by atoms with Crippen molar-refractivity contribution < 1.29 is 9.90 Å². The molecule has 0 aliphatic rings. The third-order valence-corrected chi connectivity index (χ3v) is 7.54. The fraction of sp³-hybridized carbons (Fsp3) is 0.481. The third-order valence-electron chi connectivity index (χ3n) is 6.58. The summed E-state index contributed by atoms with van der Waals surface area (Å²) in [6, 6.07) is 13.6. The monoisotopic (exact) mass is 498 g/mol. The maximum absolute atomic E-state index is 13.1. The number of aromatic nitrogens is 1. The number of nitrogens with zero attached hydrogens (tertiary/aromatic N) is 1. The fourth-order valence-electron chi connectivity index (χ4n) is 4.32. The van der Waals surface area contributed by atoms with Crippen molar-refractivity contribution in [2.45, 2.75) is 59.0 Å². The van der Waals surface area contributed by atoms with Gasteiger partial charge in [-0.05, 0) is 55.8 Å². The smallest absolute Gasteiger partial charge is 0.305 e. The second kappa shape index (κ2) is 11.8. The van der Waals surface area contributed by atoms with E-state index >= 15 is 0 Å². The number of phenolic OH excluding ortho intramolecular Hbond substituents is 1. The van der Waals surface area contributed by atoms with E-state index in [1.807, 2.05) is 43.0 Å². The van der Waals surface area contributed by atoms with Gasteiger partial charge in [-0.1, -0.05) is 61.6 Å². The van der Waals surface area contributed by atoms with Crippen molar-refractivity contribution in [2.24, 2.45) is 11.1 Å². The molecule has 0 spiro atoms. The lowest BCUT2D eigenvalue weighted by Gasteiger charge is -2.34. The highest BCUT2D eigenvalue weighted by Crippen LogP contribution is 2.28. The second-order valence-electron chi connectivity index (χ2n) is 10.1. The van der Waals surface area contributed by atoms with Crippen LogP contribution in [0.15, 0.2) is 47.3 Å². The number of H-pyrrole nitrogens is 1. The summed E-state index contributed by atoms with van der Waals surface area (Å²) in [5.74, 6) is 0.166. The van der Waals surface area contributed by atoms with Crippen LogP contribution in [0.3, 0.4) is 0 Å². The highest BCUT2D eigenvalue weighted by atomic mass is 32.1. The Bertz CT molecular complexity index is 1170. The number of nitrogens with two attached hydrogens (primary N) is 1.